The van der Waals surface area contributed by atoms with E-state index in [4.69, 9.17) is 4.74 Å². The second kappa shape index (κ2) is 7.48. The number of hydrogen-bond donors (Lipinski definition) is 1. The molecule has 1 aliphatic carbocycles. The van der Waals surface area contributed by atoms with Crippen LogP contribution in [0.25, 0.3) is 0 Å². The Balaban J connectivity index is 1.91. The van der Waals surface area contributed by atoms with Crippen molar-refractivity contribution in [2.75, 3.05) is 0 Å². The molecule has 0 heterocycles. The first-order valence-corrected chi connectivity index (χ1v) is 8.10. The highest BCUT2D eigenvalue weighted by molar-refractivity contribution is 5.81. The van der Waals surface area contributed by atoms with Crippen molar-refractivity contribution in [3.8, 4) is 5.75 Å². The summed E-state index contributed by atoms with van der Waals surface area (Å²) in [4.78, 5) is 12.3. The van der Waals surface area contributed by atoms with Crippen LogP contribution in [0.15, 0.2) is 18.2 Å². The SMILES string of the molecule is Cc1ccc(C)c(OC(C)C(=O)NC2CCCCCC2)c1. The molecule has 0 aromatic heterocycles. The van der Waals surface area contributed by atoms with E-state index < -0.39 is 6.10 Å². The summed E-state index contributed by atoms with van der Waals surface area (Å²) in [5, 5.41) is 3.15. The lowest BCUT2D eigenvalue weighted by molar-refractivity contribution is -0.128. The minimum atomic E-state index is -0.450. The maximum Gasteiger partial charge on any atom is 0.260 e. The molecule has 116 valence electrons. The molecule has 1 aromatic carbocycles. The summed E-state index contributed by atoms with van der Waals surface area (Å²) < 4.78 is 5.85. The van der Waals surface area contributed by atoms with E-state index in [1.165, 1.54) is 25.7 Å². The van der Waals surface area contributed by atoms with Crippen LogP contribution in [0, 0.1) is 13.8 Å². The Kier molecular flexibility index (Phi) is 5.66. The van der Waals surface area contributed by atoms with E-state index >= 15 is 0 Å². The number of carbonyl (C=O) groups excluding carboxylic acids is 1. The van der Waals surface area contributed by atoms with E-state index in [9.17, 15) is 4.79 Å². The molecule has 1 N–H and O–H groups in total. The number of hydrogen-bond acceptors (Lipinski definition) is 2. The molecule has 1 amide bonds. The van der Waals surface area contributed by atoms with Gasteiger partial charge in [-0.3, -0.25) is 4.79 Å². The summed E-state index contributed by atoms with van der Waals surface area (Å²) >= 11 is 0. The van der Waals surface area contributed by atoms with Crippen LogP contribution in [-0.2, 0) is 4.79 Å². The van der Waals surface area contributed by atoms with Gasteiger partial charge < -0.3 is 10.1 Å². The summed E-state index contributed by atoms with van der Waals surface area (Å²) in [6, 6.07) is 6.40. The van der Waals surface area contributed by atoms with E-state index in [1.54, 1.807) is 0 Å². The average Bonchev–Trinajstić information content (AvgIpc) is 2.71. The van der Waals surface area contributed by atoms with Gasteiger partial charge in [0.1, 0.15) is 5.75 Å². The van der Waals surface area contributed by atoms with Crippen LogP contribution in [0.3, 0.4) is 0 Å². The van der Waals surface area contributed by atoms with Crippen molar-refractivity contribution in [2.24, 2.45) is 0 Å². The highest BCUT2D eigenvalue weighted by atomic mass is 16.5. The zero-order valence-electron chi connectivity index (χ0n) is 13.4. The maximum atomic E-state index is 12.3. The number of aryl methyl sites for hydroxylation is 2. The zero-order valence-corrected chi connectivity index (χ0v) is 13.4. The lowest BCUT2D eigenvalue weighted by Crippen LogP contribution is -2.42. The Morgan fingerprint density at radius 3 is 2.52 bits per heavy atom. The highest BCUT2D eigenvalue weighted by Gasteiger charge is 2.20. The van der Waals surface area contributed by atoms with Crippen molar-refractivity contribution < 1.29 is 9.53 Å². The van der Waals surface area contributed by atoms with Crippen molar-refractivity contribution in [1.29, 1.82) is 0 Å². The molecule has 1 aromatic rings. The molecule has 0 saturated heterocycles. The van der Waals surface area contributed by atoms with Crippen LogP contribution in [-0.4, -0.2) is 18.1 Å². The van der Waals surface area contributed by atoms with Crippen molar-refractivity contribution >= 4 is 5.91 Å². The van der Waals surface area contributed by atoms with Gasteiger partial charge in [-0.15, -0.1) is 0 Å². The molecule has 0 aliphatic heterocycles. The normalized spacial score (nSPS) is 17.9. The number of benzene rings is 1. The fraction of sp³-hybridized carbons (Fsp3) is 0.611. The minimum Gasteiger partial charge on any atom is -0.481 e. The lowest BCUT2D eigenvalue weighted by Gasteiger charge is -2.21. The molecule has 0 spiro atoms. The van der Waals surface area contributed by atoms with Crippen molar-refractivity contribution in [3.63, 3.8) is 0 Å². The van der Waals surface area contributed by atoms with Crippen molar-refractivity contribution in [2.45, 2.75) is 71.4 Å². The number of carbonyl (C=O) groups is 1. The third-order valence-electron chi connectivity index (χ3n) is 4.22. The van der Waals surface area contributed by atoms with E-state index in [0.29, 0.717) is 6.04 Å². The van der Waals surface area contributed by atoms with Crippen LogP contribution in [0.4, 0.5) is 0 Å². The van der Waals surface area contributed by atoms with Crippen molar-refractivity contribution in [1.82, 2.24) is 5.32 Å². The summed E-state index contributed by atoms with van der Waals surface area (Å²) in [5.74, 6) is 0.807. The predicted molar refractivity (Wildman–Crippen MR) is 85.6 cm³/mol. The first-order valence-electron chi connectivity index (χ1n) is 8.10. The zero-order chi connectivity index (χ0) is 15.2. The number of rotatable bonds is 4. The van der Waals surface area contributed by atoms with Gasteiger partial charge in [0.25, 0.3) is 5.91 Å². The quantitative estimate of drug-likeness (QED) is 0.853. The van der Waals surface area contributed by atoms with Crippen LogP contribution >= 0.6 is 0 Å². The highest BCUT2D eigenvalue weighted by Crippen LogP contribution is 2.21. The van der Waals surface area contributed by atoms with E-state index in [-0.39, 0.29) is 5.91 Å². The molecule has 0 bridgehead atoms. The molecule has 1 unspecified atom stereocenters. The Labute approximate surface area is 128 Å². The molecular weight excluding hydrogens is 262 g/mol. The number of amides is 1. The molecule has 1 saturated carbocycles. The minimum absolute atomic E-state index is 0.00260. The summed E-state index contributed by atoms with van der Waals surface area (Å²) in [6.07, 6.45) is 6.77. The van der Waals surface area contributed by atoms with Gasteiger partial charge >= 0.3 is 0 Å². The molecular formula is C18H27NO2. The third kappa shape index (κ3) is 4.76. The Morgan fingerprint density at radius 2 is 1.86 bits per heavy atom. The Hall–Kier alpha value is -1.51. The summed E-state index contributed by atoms with van der Waals surface area (Å²) in [5.41, 5.74) is 2.21. The molecule has 1 aliphatic rings. The first-order chi connectivity index (χ1) is 10.1. The van der Waals surface area contributed by atoms with Gasteiger partial charge in [-0.1, -0.05) is 37.8 Å². The predicted octanol–water partition coefficient (Wildman–Crippen LogP) is 3.91. The number of ether oxygens (including phenoxy) is 1. The molecule has 0 radical (unpaired) electrons. The fourth-order valence-electron chi connectivity index (χ4n) is 2.82. The molecule has 2 rings (SSSR count). The molecule has 1 fully saturated rings. The maximum absolute atomic E-state index is 12.3. The van der Waals surface area contributed by atoms with Gasteiger partial charge in [-0.25, -0.2) is 0 Å². The van der Waals surface area contributed by atoms with Gasteiger partial charge in [0.05, 0.1) is 0 Å². The van der Waals surface area contributed by atoms with Crippen LogP contribution in [0.2, 0.25) is 0 Å². The van der Waals surface area contributed by atoms with Crippen LogP contribution in [0.5, 0.6) is 5.75 Å². The van der Waals surface area contributed by atoms with E-state index in [1.807, 2.05) is 32.9 Å². The summed E-state index contributed by atoms with van der Waals surface area (Å²) in [6.45, 7) is 5.86. The second-order valence-corrected chi connectivity index (χ2v) is 6.23. The molecule has 3 heteroatoms. The van der Waals surface area contributed by atoms with E-state index in [2.05, 4.69) is 11.4 Å². The fourth-order valence-corrected chi connectivity index (χ4v) is 2.82. The first kappa shape index (κ1) is 15.9. The average molecular weight is 289 g/mol. The Morgan fingerprint density at radius 1 is 1.19 bits per heavy atom. The van der Waals surface area contributed by atoms with Gasteiger partial charge in [0, 0.05) is 6.04 Å². The smallest absolute Gasteiger partial charge is 0.260 e. The van der Waals surface area contributed by atoms with Gasteiger partial charge in [-0.2, -0.15) is 0 Å². The largest absolute Gasteiger partial charge is 0.481 e. The molecule has 21 heavy (non-hydrogen) atoms. The monoisotopic (exact) mass is 289 g/mol. The van der Waals surface area contributed by atoms with Crippen LogP contribution in [0.1, 0.15) is 56.6 Å². The third-order valence-corrected chi connectivity index (χ3v) is 4.22. The standard InChI is InChI=1S/C18H27NO2/c1-13-10-11-14(2)17(12-13)21-15(3)18(20)19-16-8-6-4-5-7-9-16/h10-12,15-16H,4-9H2,1-3H3,(H,19,20). The molecule has 3 nitrogen and oxygen atoms in total. The van der Waals surface area contributed by atoms with E-state index in [0.717, 1.165) is 29.7 Å². The Bertz CT molecular complexity index is 476. The van der Waals surface area contributed by atoms with Crippen molar-refractivity contribution in [3.05, 3.63) is 29.3 Å². The van der Waals surface area contributed by atoms with Gasteiger partial charge in [0.2, 0.25) is 0 Å². The van der Waals surface area contributed by atoms with Gasteiger partial charge in [0.15, 0.2) is 6.10 Å². The summed E-state index contributed by atoms with van der Waals surface area (Å²) in [7, 11) is 0. The lowest BCUT2D eigenvalue weighted by atomic mass is 10.1. The second-order valence-electron chi connectivity index (χ2n) is 6.23. The number of nitrogens with one attached hydrogen (secondary N) is 1. The van der Waals surface area contributed by atoms with Gasteiger partial charge in [-0.05, 0) is 50.8 Å². The van der Waals surface area contributed by atoms with Crippen LogP contribution < -0.4 is 10.1 Å². The topological polar surface area (TPSA) is 38.3 Å². The molecule has 1 atom stereocenters.